The third-order valence-electron chi connectivity index (χ3n) is 4.27. The van der Waals surface area contributed by atoms with E-state index >= 15 is 0 Å². The second kappa shape index (κ2) is 6.89. The smallest absolute Gasteiger partial charge is 0.265 e. The van der Waals surface area contributed by atoms with E-state index < -0.39 is 0 Å². The number of alkyl halides is 1. The Morgan fingerprint density at radius 2 is 1.92 bits per heavy atom. The zero-order valence-electron chi connectivity index (χ0n) is 14.2. The van der Waals surface area contributed by atoms with E-state index in [-0.39, 0.29) is 10.4 Å². The fourth-order valence-electron chi connectivity index (χ4n) is 2.92. The van der Waals surface area contributed by atoms with Crippen LogP contribution in [0.1, 0.15) is 42.2 Å². The number of nitrogens with zero attached hydrogens (tertiary/aromatic N) is 4. The minimum Gasteiger partial charge on any atom is -0.291 e. The van der Waals surface area contributed by atoms with Gasteiger partial charge in [0.15, 0.2) is 5.65 Å². The highest BCUT2D eigenvalue weighted by Gasteiger charge is 2.20. The van der Waals surface area contributed by atoms with Crippen LogP contribution in [0.2, 0.25) is 0 Å². The lowest BCUT2D eigenvalue weighted by atomic mass is 10.2. The van der Waals surface area contributed by atoms with Crippen molar-refractivity contribution >= 4 is 27.0 Å². The number of benzene rings is 1. The van der Waals surface area contributed by atoms with Gasteiger partial charge in [0.1, 0.15) is 11.2 Å². The third-order valence-corrected chi connectivity index (χ3v) is 5.32. The van der Waals surface area contributed by atoms with Crippen molar-refractivity contribution in [3.05, 3.63) is 57.8 Å². The third kappa shape index (κ3) is 2.90. The van der Waals surface area contributed by atoms with Crippen molar-refractivity contribution in [2.24, 2.45) is 0 Å². The molecule has 0 saturated carbocycles. The lowest BCUT2D eigenvalue weighted by Crippen LogP contribution is -2.26. The Morgan fingerprint density at radius 1 is 1.21 bits per heavy atom. The van der Waals surface area contributed by atoms with E-state index in [0.29, 0.717) is 17.6 Å². The van der Waals surface area contributed by atoms with Crippen LogP contribution in [-0.4, -0.2) is 19.3 Å². The van der Waals surface area contributed by atoms with Gasteiger partial charge in [0.05, 0.1) is 17.1 Å². The van der Waals surface area contributed by atoms with Crippen LogP contribution in [0.15, 0.2) is 35.1 Å². The average molecular weight is 389 g/mol. The maximum Gasteiger partial charge on any atom is 0.265 e. The van der Waals surface area contributed by atoms with E-state index in [1.165, 1.54) is 0 Å². The summed E-state index contributed by atoms with van der Waals surface area (Å²) in [6.45, 7) is 7.25. The molecule has 1 unspecified atom stereocenters. The van der Waals surface area contributed by atoms with Crippen molar-refractivity contribution in [2.75, 3.05) is 0 Å². The first-order chi connectivity index (χ1) is 11.6. The van der Waals surface area contributed by atoms with E-state index in [9.17, 15) is 4.79 Å². The number of halogens is 1. The topological polar surface area (TPSA) is 52.7 Å². The molecule has 0 fully saturated rings. The summed E-state index contributed by atoms with van der Waals surface area (Å²) in [5, 5.41) is 5.11. The highest BCUT2D eigenvalue weighted by Crippen LogP contribution is 2.26. The quantitative estimate of drug-likeness (QED) is 0.624. The van der Waals surface area contributed by atoms with E-state index in [4.69, 9.17) is 4.98 Å². The molecule has 1 aromatic carbocycles. The number of fused-ring (bicyclic) bond motifs is 1. The zero-order valence-corrected chi connectivity index (χ0v) is 15.7. The van der Waals surface area contributed by atoms with Gasteiger partial charge in [0, 0.05) is 6.54 Å². The SMILES string of the molecule is CCC(Br)c1nc2nn(CC)c(C)c2c(=O)n1Cc1ccccc1. The van der Waals surface area contributed by atoms with Gasteiger partial charge in [-0.1, -0.05) is 53.2 Å². The van der Waals surface area contributed by atoms with Crippen molar-refractivity contribution in [2.45, 2.75) is 45.1 Å². The Kier molecular flexibility index (Phi) is 4.85. The highest BCUT2D eigenvalue weighted by molar-refractivity contribution is 9.09. The monoisotopic (exact) mass is 388 g/mol. The van der Waals surface area contributed by atoms with Gasteiger partial charge in [-0.15, -0.1) is 0 Å². The summed E-state index contributed by atoms with van der Waals surface area (Å²) >= 11 is 3.65. The van der Waals surface area contributed by atoms with Crippen molar-refractivity contribution in [3.8, 4) is 0 Å². The van der Waals surface area contributed by atoms with Gasteiger partial charge in [-0.3, -0.25) is 14.0 Å². The molecule has 126 valence electrons. The first-order valence-electron chi connectivity index (χ1n) is 8.22. The molecule has 0 aliphatic rings. The van der Waals surface area contributed by atoms with E-state index in [0.717, 1.165) is 30.0 Å². The molecule has 3 rings (SSSR count). The van der Waals surface area contributed by atoms with Crippen molar-refractivity contribution in [1.82, 2.24) is 19.3 Å². The van der Waals surface area contributed by atoms with Crippen LogP contribution in [0.3, 0.4) is 0 Å². The Morgan fingerprint density at radius 3 is 2.54 bits per heavy atom. The number of hydrogen-bond donors (Lipinski definition) is 0. The largest absolute Gasteiger partial charge is 0.291 e. The molecule has 5 nitrogen and oxygen atoms in total. The van der Waals surface area contributed by atoms with Crippen LogP contribution in [-0.2, 0) is 13.1 Å². The Balaban J connectivity index is 2.26. The van der Waals surface area contributed by atoms with Gasteiger partial charge >= 0.3 is 0 Å². The predicted octanol–water partition coefficient (Wildman–Crippen LogP) is 3.82. The van der Waals surface area contributed by atoms with Crippen LogP contribution in [0, 0.1) is 6.92 Å². The Labute approximate surface area is 149 Å². The zero-order chi connectivity index (χ0) is 17.3. The summed E-state index contributed by atoms with van der Waals surface area (Å²) in [5.74, 6) is 0.736. The van der Waals surface area contributed by atoms with Gasteiger partial charge in [-0.25, -0.2) is 4.98 Å². The minimum absolute atomic E-state index is 0.0189. The second-order valence-electron chi connectivity index (χ2n) is 5.82. The van der Waals surface area contributed by atoms with Gasteiger partial charge in [-0.2, -0.15) is 5.10 Å². The molecular formula is C18H21BrN4O. The lowest BCUT2D eigenvalue weighted by Gasteiger charge is -2.15. The van der Waals surface area contributed by atoms with Gasteiger partial charge in [0.25, 0.3) is 5.56 Å². The average Bonchev–Trinajstić information content (AvgIpc) is 2.93. The molecule has 3 aromatic rings. The number of rotatable bonds is 5. The molecule has 24 heavy (non-hydrogen) atoms. The summed E-state index contributed by atoms with van der Waals surface area (Å²) in [6, 6.07) is 9.99. The predicted molar refractivity (Wildman–Crippen MR) is 99.7 cm³/mol. The molecule has 2 aromatic heterocycles. The molecular weight excluding hydrogens is 368 g/mol. The summed E-state index contributed by atoms with van der Waals surface area (Å²) in [5.41, 5.74) is 2.48. The fraction of sp³-hybridized carbons (Fsp3) is 0.389. The first-order valence-corrected chi connectivity index (χ1v) is 9.14. The standard InChI is InChI=1S/C18H21BrN4O/c1-4-14(19)17-20-16-15(12(3)23(5-2)21-16)18(24)22(17)11-13-9-7-6-8-10-13/h6-10,14H,4-5,11H2,1-3H3. The summed E-state index contributed by atoms with van der Waals surface area (Å²) in [6.07, 6.45) is 0.847. The van der Waals surface area contributed by atoms with E-state index in [2.05, 4.69) is 28.0 Å². The molecule has 0 aliphatic carbocycles. The van der Waals surface area contributed by atoms with Crippen molar-refractivity contribution in [1.29, 1.82) is 0 Å². The molecule has 0 amide bonds. The molecule has 0 spiro atoms. The molecule has 0 N–H and O–H groups in total. The van der Waals surface area contributed by atoms with Gasteiger partial charge in [-0.05, 0) is 25.8 Å². The number of aryl methyl sites for hydroxylation is 2. The molecule has 0 radical (unpaired) electrons. The molecule has 1 atom stereocenters. The van der Waals surface area contributed by atoms with Crippen LogP contribution in [0.25, 0.3) is 11.0 Å². The van der Waals surface area contributed by atoms with Crippen molar-refractivity contribution in [3.63, 3.8) is 0 Å². The fourth-order valence-corrected chi connectivity index (χ4v) is 3.26. The molecule has 2 heterocycles. The van der Waals surface area contributed by atoms with Crippen LogP contribution >= 0.6 is 15.9 Å². The number of aromatic nitrogens is 4. The summed E-state index contributed by atoms with van der Waals surface area (Å²) in [7, 11) is 0. The maximum absolute atomic E-state index is 13.2. The van der Waals surface area contributed by atoms with Crippen molar-refractivity contribution < 1.29 is 0 Å². The minimum atomic E-state index is -0.0195. The highest BCUT2D eigenvalue weighted by atomic mass is 79.9. The molecule has 0 bridgehead atoms. The summed E-state index contributed by atoms with van der Waals surface area (Å²) in [4.78, 5) is 17.9. The van der Waals surface area contributed by atoms with E-state index in [1.807, 2.05) is 48.9 Å². The Hall–Kier alpha value is -1.95. The van der Waals surface area contributed by atoms with Crippen LogP contribution < -0.4 is 5.56 Å². The first kappa shape index (κ1) is 16.9. The molecule has 0 aliphatic heterocycles. The van der Waals surface area contributed by atoms with Gasteiger partial charge < -0.3 is 0 Å². The summed E-state index contributed by atoms with van der Waals surface area (Å²) < 4.78 is 3.61. The van der Waals surface area contributed by atoms with Crippen LogP contribution in [0.4, 0.5) is 0 Å². The normalized spacial score (nSPS) is 12.7. The second-order valence-corrected chi connectivity index (χ2v) is 6.93. The van der Waals surface area contributed by atoms with Crippen LogP contribution in [0.5, 0.6) is 0 Å². The Bertz CT molecular complexity index is 914. The number of hydrogen-bond acceptors (Lipinski definition) is 3. The molecule has 6 heteroatoms. The van der Waals surface area contributed by atoms with E-state index in [1.54, 1.807) is 4.57 Å². The maximum atomic E-state index is 13.2. The van der Waals surface area contributed by atoms with Gasteiger partial charge in [0.2, 0.25) is 0 Å². The lowest BCUT2D eigenvalue weighted by molar-refractivity contribution is 0.643. The molecule has 0 saturated heterocycles.